The molecule has 0 saturated carbocycles. The Morgan fingerprint density at radius 3 is 2.33 bits per heavy atom. The van der Waals surface area contributed by atoms with E-state index in [0.717, 1.165) is 12.8 Å². The number of rotatable bonds is 4. The van der Waals surface area contributed by atoms with Gasteiger partial charge in [0.05, 0.1) is 5.75 Å². The van der Waals surface area contributed by atoms with Crippen LogP contribution in [0, 0.1) is 5.92 Å². The molecule has 15 heavy (non-hydrogen) atoms. The Kier molecular flexibility index (Phi) is 4.55. The van der Waals surface area contributed by atoms with Crippen molar-refractivity contribution in [2.24, 2.45) is 5.92 Å². The number of sulfonamides is 1. The summed E-state index contributed by atoms with van der Waals surface area (Å²) < 4.78 is 24.9. The molecule has 0 aliphatic carbocycles. The third kappa shape index (κ3) is 3.16. The molecule has 0 aromatic heterocycles. The smallest absolute Gasteiger partial charge is 0.213 e. The Morgan fingerprint density at radius 2 is 1.93 bits per heavy atom. The lowest BCUT2D eigenvalue weighted by atomic mass is 9.91. The highest BCUT2D eigenvalue weighted by Crippen LogP contribution is 2.22. The van der Waals surface area contributed by atoms with Gasteiger partial charge in [-0.15, -0.1) is 0 Å². The average molecular weight is 234 g/mol. The molecule has 1 atom stereocenters. The van der Waals surface area contributed by atoms with Gasteiger partial charge in [0.15, 0.2) is 0 Å². The van der Waals surface area contributed by atoms with Crippen molar-refractivity contribution in [3.8, 4) is 0 Å². The Balaban J connectivity index is 2.49. The minimum Gasteiger partial charge on any atom is -0.317 e. The van der Waals surface area contributed by atoms with Crippen LogP contribution in [0.1, 0.15) is 26.7 Å². The lowest BCUT2D eigenvalue weighted by Crippen LogP contribution is -2.43. The highest BCUT2D eigenvalue weighted by molar-refractivity contribution is 7.89. The second-order valence-electron chi connectivity index (χ2n) is 4.21. The molecule has 1 N–H and O–H groups in total. The van der Waals surface area contributed by atoms with Crippen molar-refractivity contribution in [1.82, 2.24) is 9.62 Å². The molecule has 90 valence electrons. The zero-order chi connectivity index (χ0) is 11.5. The van der Waals surface area contributed by atoms with Crippen LogP contribution in [0.25, 0.3) is 0 Å². The molecule has 0 spiro atoms. The lowest BCUT2D eigenvalue weighted by Gasteiger charge is -2.33. The monoisotopic (exact) mass is 234 g/mol. The van der Waals surface area contributed by atoms with Crippen molar-refractivity contribution >= 4 is 10.0 Å². The normalized spacial score (nSPS) is 22.9. The molecule has 5 heteroatoms. The van der Waals surface area contributed by atoms with E-state index in [4.69, 9.17) is 0 Å². The summed E-state index contributed by atoms with van der Waals surface area (Å²) in [6, 6.07) is 0.483. The van der Waals surface area contributed by atoms with Gasteiger partial charge in [-0.3, -0.25) is 0 Å². The van der Waals surface area contributed by atoms with Gasteiger partial charge in [-0.2, -0.15) is 0 Å². The molecule has 0 radical (unpaired) electrons. The van der Waals surface area contributed by atoms with Gasteiger partial charge >= 0.3 is 0 Å². The first kappa shape index (κ1) is 12.9. The Morgan fingerprint density at radius 1 is 1.40 bits per heavy atom. The van der Waals surface area contributed by atoms with Crippen molar-refractivity contribution in [3.63, 3.8) is 0 Å². The van der Waals surface area contributed by atoms with Gasteiger partial charge in [-0.1, -0.05) is 0 Å². The summed E-state index contributed by atoms with van der Waals surface area (Å²) in [6.45, 7) is 5.24. The van der Waals surface area contributed by atoms with E-state index < -0.39 is 10.0 Å². The summed E-state index contributed by atoms with van der Waals surface area (Å²) in [6.07, 6.45) is 1.95. The molecule has 1 aliphatic rings. The van der Waals surface area contributed by atoms with Crippen LogP contribution >= 0.6 is 0 Å². The van der Waals surface area contributed by atoms with Crippen molar-refractivity contribution in [2.45, 2.75) is 32.7 Å². The predicted molar refractivity (Wildman–Crippen MR) is 62.3 cm³/mol. The van der Waals surface area contributed by atoms with Gasteiger partial charge in [-0.05, 0) is 39.7 Å². The Hall–Kier alpha value is -0.130. The fourth-order valence-corrected chi connectivity index (χ4v) is 3.20. The number of nitrogens with one attached hydrogen (secondary N) is 1. The Bertz CT molecular complexity index is 282. The predicted octanol–water partition coefficient (Wildman–Crippen LogP) is 0.656. The largest absolute Gasteiger partial charge is 0.317 e. The Labute approximate surface area is 93.1 Å². The molecule has 1 aliphatic heterocycles. The summed E-state index contributed by atoms with van der Waals surface area (Å²) in [4.78, 5) is 0. The molecule has 1 rings (SSSR count). The first-order valence-electron chi connectivity index (χ1n) is 5.66. The van der Waals surface area contributed by atoms with E-state index in [2.05, 4.69) is 12.2 Å². The van der Waals surface area contributed by atoms with Gasteiger partial charge in [0.2, 0.25) is 10.0 Å². The summed E-state index contributed by atoms with van der Waals surface area (Å²) in [5.41, 5.74) is 0. The maximum Gasteiger partial charge on any atom is 0.213 e. The quantitative estimate of drug-likeness (QED) is 0.777. The van der Waals surface area contributed by atoms with E-state index in [0.29, 0.717) is 25.0 Å². The van der Waals surface area contributed by atoms with Gasteiger partial charge in [0.1, 0.15) is 0 Å². The van der Waals surface area contributed by atoms with Crippen molar-refractivity contribution in [2.75, 3.05) is 25.9 Å². The zero-order valence-electron chi connectivity index (χ0n) is 9.86. The van der Waals surface area contributed by atoms with Gasteiger partial charge in [0, 0.05) is 19.1 Å². The van der Waals surface area contributed by atoms with Crippen molar-refractivity contribution < 1.29 is 8.42 Å². The van der Waals surface area contributed by atoms with Gasteiger partial charge in [0.25, 0.3) is 0 Å². The maximum absolute atomic E-state index is 11.6. The standard InChI is InChI=1S/C10H22N2O2S/c1-4-15(13,14)12-7-5-10(6-8-12)9(2)11-3/h9-11H,4-8H2,1-3H3/t9-/m0/s1. The minimum absolute atomic E-state index is 0.221. The van der Waals surface area contributed by atoms with E-state index in [1.807, 2.05) is 7.05 Å². The van der Waals surface area contributed by atoms with E-state index in [1.165, 1.54) is 0 Å². The third-order valence-corrected chi connectivity index (χ3v) is 5.30. The summed E-state index contributed by atoms with van der Waals surface area (Å²) in [5.74, 6) is 0.831. The number of hydrogen-bond acceptors (Lipinski definition) is 3. The van der Waals surface area contributed by atoms with Crippen molar-refractivity contribution in [3.05, 3.63) is 0 Å². The first-order valence-corrected chi connectivity index (χ1v) is 7.27. The molecular formula is C10H22N2O2S. The average Bonchev–Trinajstić information content (AvgIpc) is 2.28. The second-order valence-corrected chi connectivity index (χ2v) is 6.47. The van der Waals surface area contributed by atoms with Crippen LogP contribution in [0.15, 0.2) is 0 Å². The molecule has 1 fully saturated rings. The summed E-state index contributed by atoms with van der Waals surface area (Å²) >= 11 is 0. The maximum atomic E-state index is 11.6. The van der Waals surface area contributed by atoms with Crippen LogP contribution in [0.2, 0.25) is 0 Å². The molecule has 4 nitrogen and oxygen atoms in total. The summed E-state index contributed by atoms with van der Waals surface area (Å²) in [7, 11) is -1.01. The van der Waals surface area contributed by atoms with Crippen LogP contribution in [0.4, 0.5) is 0 Å². The van der Waals surface area contributed by atoms with E-state index in [-0.39, 0.29) is 5.75 Å². The molecule has 1 heterocycles. The van der Waals surface area contributed by atoms with Crippen LogP contribution in [-0.4, -0.2) is 44.7 Å². The fraction of sp³-hybridized carbons (Fsp3) is 1.00. The number of piperidine rings is 1. The molecule has 1 saturated heterocycles. The molecule has 0 unspecified atom stereocenters. The number of hydrogen-bond donors (Lipinski definition) is 1. The van der Waals surface area contributed by atoms with Crippen LogP contribution in [0.5, 0.6) is 0 Å². The summed E-state index contributed by atoms with van der Waals surface area (Å²) in [5, 5.41) is 3.23. The molecule has 0 aromatic carbocycles. The minimum atomic E-state index is -2.96. The van der Waals surface area contributed by atoms with Crippen molar-refractivity contribution in [1.29, 1.82) is 0 Å². The van der Waals surface area contributed by atoms with Crippen LogP contribution < -0.4 is 5.32 Å². The van der Waals surface area contributed by atoms with E-state index in [1.54, 1.807) is 11.2 Å². The van der Waals surface area contributed by atoms with Gasteiger partial charge < -0.3 is 5.32 Å². The second kappa shape index (κ2) is 5.27. The zero-order valence-corrected chi connectivity index (χ0v) is 10.7. The lowest BCUT2D eigenvalue weighted by molar-refractivity contribution is 0.237. The molecule has 0 amide bonds. The fourth-order valence-electron chi connectivity index (χ4n) is 2.07. The highest BCUT2D eigenvalue weighted by Gasteiger charge is 2.28. The SMILES string of the molecule is CCS(=O)(=O)N1CCC([C@H](C)NC)CC1. The number of nitrogens with zero attached hydrogens (tertiary/aromatic N) is 1. The first-order chi connectivity index (χ1) is 7.01. The van der Waals surface area contributed by atoms with Crippen LogP contribution in [-0.2, 0) is 10.0 Å². The van der Waals surface area contributed by atoms with Gasteiger partial charge in [-0.25, -0.2) is 12.7 Å². The molecule has 0 bridgehead atoms. The topological polar surface area (TPSA) is 49.4 Å². The highest BCUT2D eigenvalue weighted by atomic mass is 32.2. The van der Waals surface area contributed by atoms with E-state index >= 15 is 0 Å². The van der Waals surface area contributed by atoms with E-state index in [9.17, 15) is 8.42 Å². The molecular weight excluding hydrogens is 212 g/mol. The van der Waals surface area contributed by atoms with Crippen LogP contribution in [0.3, 0.4) is 0 Å². The molecule has 0 aromatic rings. The third-order valence-electron chi connectivity index (χ3n) is 3.42.